The second kappa shape index (κ2) is 9.71. The molecule has 2 aromatic heterocycles. The normalized spacial score (nSPS) is 11.7. The first kappa shape index (κ1) is 22.4. The topological polar surface area (TPSA) is 54.3 Å². The SMILES string of the molecule is CCc1cccc2sc(N(CCN(CC)CC)C(=O)c3cc(C)n(C(C)C)n3)nc12. The number of para-hydroxylation sites is 1. The molecule has 3 rings (SSSR count). The summed E-state index contributed by atoms with van der Waals surface area (Å²) in [6.45, 7) is 15.9. The van der Waals surface area contributed by atoms with Crippen LogP contribution < -0.4 is 4.90 Å². The van der Waals surface area contributed by atoms with Crippen molar-refractivity contribution in [1.82, 2.24) is 19.7 Å². The van der Waals surface area contributed by atoms with Gasteiger partial charge >= 0.3 is 0 Å². The van der Waals surface area contributed by atoms with Crippen LogP contribution in [0.3, 0.4) is 0 Å². The molecule has 2 heterocycles. The van der Waals surface area contributed by atoms with Gasteiger partial charge in [0.2, 0.25) is 0 Å². The number of carbonyl (C=O) groups is 1. The molecule has 0 aliphatic carbocycles. The van der Waals surface area contributed by atoms with Gasteiger partial charge in [0, 0.05) is 24.8 Å². The van der Waals surface area contributed by atoms with Crippen LogP contribution in [0.25, 0.3) is 10.2 Å². The number of anilines is 1. The van der Waals surface area contributed by atoms with Gasteiger partial charge in [-0.1, -0.05) is 44.2 Å². The van der Waals surface area contributed by atoms with Gasteiger partial charge in [-0.05, 0) is 58.0 Å². The summed E-state index contributed by atoms with van der Waals surface area (Å²) in [4.78, 5) is 22.6. The Morgan fingerprint density at radius 3 is 2.50 bits per heavy atom. The second-order valence-electron chi connectivity index (χ2n) is 7.81. The van der Waals surface area contributed by atoms with E-state index < -0.39 is 0 Å². The molecule has 6 nitrogen and oxygen atoms in total. The molecule has 0 spiro atoms. The number of benzene rings is 1. The third-order valence-electron chi connectivity index (χ3n) is 5.51. The Morgan fingerprint density at radius 1 is 1.17 bits per heavy atom. The molecule has 0 fully saturated rings. The highest BCUT2D eigenvalue weighted by Gasteiger charge is 2.25. The minimum atomic E-state index is -0.0817. The van der Waals surface area contributed by atoms with Crippen molar-refractivity contribution in [3.8, 4) is 0 Å². The van der Waals surface area contributed by atoms with Gasteiger partial charge in [-0.25, -0.2) is 4.98 Å². The first-order chi connectivity index (χ1) is 14.4. The van der Waals surface area contributed by atoms with E-state index in [2.05, 4.69) is 62.8 Å². The summed E-state index contributed by atoms with van der Waals surface area (Å²) in [6.07, 6.45) is 0.923. The molecule has 0 aliphatic heterocycles. The van der Waals surface area contributed by atoms with Crippen LogP contribution in [0.5, 0.6) is 0 Å². The predicted molar refractivity (Wildman–Crippen MR) is 126 cm³/mol. The van der Waals surface area contributed by atoms with E-state index >= 15 is 0 Å². The lowest BCUT2D eigenvalue weighted by Crippen LogP contribution is -2.39. The zero-order valence-electron chi connectivity index (χ0n) is 19.0. The van der Waals surface area contributed by atoms with Crippen LogP contribution in [0.4, 0.5) is 5.13 Å². The van der Waals surface area contributed by atoms with Crippen LogP contribution in [-0.2, 0) is 6.42 Å². The Balaban J connectivity index is 2.00. The van der Waals surface area contributed by atoms with Crippen molar-refractivity contribution in [2.75, 3.05) is 31.1 Å². The molecule has 1 aromatic carbocycles. The largest absolute Gasteiger partial charge is 0.302 e. The summed E-state index contributed by atoms with van der Waals surface area (Å²) in [5.41, 5.74) is 3.70. The number of aromatic nitrogens is 3. The monoisotopic (exact) mass is 427 g/mol. The van der Waals surface area contributed by atoms with Crippen LogP contribution >= 0.6 is 11.3 Å². The summed E-state index contributed by atoms with van der Waals surface area (Å²) in [5, 5.41) is 5.35. The number of hydrogen-bond donors (Lipinski definition) is 0. The third-order valence-corrected chi connectivity index (χ3v) is 6.56. The van der Waals surface area contributed by atoms with Crippen molar-refractivity contribution in [1.29, 1.82) is 0 Å². The number of hydrogen-bond acceptors (Lipinski definition) is 5. The van der Waals surface area contributed by atoms with E-state index in [-0.39, 0.29) is 11.9 Å². The molecule has 0 saturated heterocycles. The molecular weight excluding hydrogens is 394 g/mol. The van der Waals surface area contributed by atoms with Gasteiger partial charge in [0.1, 0.15) is 0 Å². The van der Waals surface area contributed by atoms with Gasteiger partial charge in [-0.15, -0.1) is 0 Å². The number of thiazole rings is 1. The lowest BCUT2D eigenvalue weighted by molar-refractivity contribution is 0.0978. The number of carbonyl (C=O) groups excluding carboxylic acids is 1. The summed E-state index contributed by atoms with van der Waals surface area (Å²) in [6, 6.07) is 8.36. The second-order valence-corrected chi connectivity index (χ2v) is 8.82. The van der Waals surface area contributed by atoms with E-state index in [4.69, 9.17) is 4.98 Å². The highest BCUT2D eigenvalue weighted by molar-refractivity contribution is 7.22. The molecule has 0 saturated carbocycles. The minimum absolute atomic E-state index is 0.0817. The average molecular weight is 428 g/mol. The number of rotatable bonds is 9. The molecule has 0 atom stereocenters. The quantitative estimate of drug-likeness (QED) is 0.486. The van der Waals surface area contributed by atoms with Crippen molar-refractivity contribution < 1.29 is 4.79 Å². The van der Waals surface area contributed by atoms with Crippen molar-refractivity contribution in [3.63, 3.8) is 0 Å². The molecular formula is C23H33N5OS. The zero-order valence-corrected chi connectivity index (χ0v) is 19.8. The van der Waals surface area contributed by atoms with Crippen LogP contribution in [0.15, 0.2) is 24.3 Å². The van der Waals surface area contributed by atoms with Gasteiger partial charge < -0.3 is 4.90 Å². The number of amides is 1. The molecule has 1 amide bonds. The molecule has 162 valence electrons. The van der Waals surface area contributed by atoms with Crippen LogP contribution in [0, 0.1) is 6.92 Å². The summed E-state index contributed by atoms with van der Waals surface area (Å²) in [7, 11) is 0. The Kier molecular flexibility index (Phi) is 7.26. The van der Waals surface area contributed by atoms with Crippen molar-refractivity contribution >= 4 is 32.6 Å². The van der Waals surface area contributed by atoms with Crippen LogP contribution in [-0.4, -0.2) is 51.8 Å². The standard InChI is InChI=1S/C23H33N5OS/c1-7-18-11-10-12-20-21(18)24-23(30-20)27(14-13-26(8-2)9-3)22(29)19-15-17(6)28(25-19)16(4)5/h10-12,15-16H,7-9,13-14H2,1-6H3. The third kappa shape index (κ3) is 4.57. The molecule has 3 aromatic rings. The fraction of sp³-hybridized carbons (Fsp3) is 0.522. The van der Waals surface area contributed by atoms with Crippen LogP contribution in [0.2, 0.25) is 0 Å². The van der Waals surface area contributed by atoms with E-state index in [0.29, 0.717) is 12.2 Å². The van der Waals surface area contributed by atoms with Gasteiger partial charge in [-0.3, -0.25) is 14.4 Å². The van der Waals surface area contributed by atoms with Gasteiger partial charge in [-0.2, -0.15) is 5.10 Å². The van der Waals surface area contributed by atoms with Gasteiger partial charge in [0.25, 0.3) is 5.91 Å². The Morgan fingerprint density at radius 2 is 1.90 bits per heavy atom. The molecule has 0 unspecified atom stereocenters. The van der Waals surface area contributed by atoms with E-state index in [1.54, 1.807) is 11.3 Å². The summed E-state index contributed by atoms with van der Waals surface area (Å²) >= 11 is 1.58. The van der Waals surface area contributed by atoms with Gasteiger partial charge in [0.05, 0.1) is 10.2 Å². The maximum absolute atomic E-state index is 13.6. The van der Waals surface area contributed by atoms with E-state index in [9.17, 15) is 4.79 Å². The van der Waals surface area contributed by atoms with Crippen LogP contribution in [0.1, 0.15) is 62.4 Å². The lowest BCUT2D eigenvalue weighted by Gasteiger charge is -2.24. The zero-order chi connectivity index (χ0) is 21.8. The van der Waals surface area contributed by atoms with E-state index in [1.165, 1.54) is 5.56 Å². The number of likely N-dealkylation sites (N-methyl/N-ethyl adjacent to an activating group) is 1. The smallest absolute Gasteiger partial charge is 0.280 e. The lowest BCUT2D eigenvalue weighted by atomic mass is 10.1. The molecule has 30 heavy (non-hydrogen) atoms. The molecule has 7 heteroatoms. The maximum atomic E-state index is 13.6. The minimum Gasteiger partial charge on any atom is -0.302 e. The average Bonchev–Trinajstić information content (AvgIpc) is 3.34. The van der Waals surface area contributed by atoms with E-state index in [0.717, 1.165) is 47.1 Å². The molecule has 0 aliphatic rings. The molecule has 0 N–H and O–H groups in total. The summed E-state index contributed by atoms with van der Waals surface area (Å²) < 4.78 is 3.03. The Labute approximate surface area is 183 Å². The fourth-order valence-electron chi connectivity index (χ4n) is 3.71. The summed E-state index contributed by atoms with van der Waals surface area (Å²) in [5.74, 6) is -0.0817. The molecule has 0 bridgehead atoms. The fourth-order valence-corrected chi connectivity index (χ4v) is 4.75. The Bertz CT molecular complexity index is 1000. The van der Waals surface area contributed by atoms with Gasteiger partial charge in [0.15, 0.2) is 10.8 Å². The number of aryl methyl sites for hydroxylation is 2. The predicted octanol–water partition coefficient (Wildman–Crippen LogP) is 4.93. The van der Waals surface area contributed by atoms with E-state index in [1.807, 2.05) is 22.6 Å². The molecule has 0 radical (unpaired) electrons. The Hall–Kier alpha value is -2.25. The highest BCUT2D eigenvalue weighted by Crippen LogP contribution is 2.32. The number of fused-ring (bicyclic) bond motifs is 1. The van der Waals surface area contributed by atoms with Crippen molar-refractivity contribution in [2.24, 2.45) is 0 Å². The van der Waals surface area contributed by atoms with Crippen molar-refractivity contribution in [2.45, 2.75) is 54.0 Å². The first-order valence-electron chi connectivity index (χ1n) is 10.9. The highest BCUT2D eigenvalue weighted by atomic mass is 32.1. The first-order valence-corrected chi connectivity index (χ1v) is 11.7. The number of nitrogens with zero attached hydrogens (tertiary/aromatic N) is 5. The van der Waals surface area contributed by atoms with Crippen molar-refractivity contribution in [3.05, 3.63) is 41.2 Å². The maximum Gasteiger partial charge on any atom is 0.280 e.